The van der Waals surface area contributed by atoms with Gasteiger partial charge in [0.15, 0.2) is 0 Å². The van der Waals surface area contributed by atoms with Gasteiger partial charge in [-0.1, -0.05) is 42.8 Å². The summed E-state index contributed by atoms with van der Waals surface area (Å²) in [5.74, 6) is -1.00. The largest absolute Gasteiger partial charge is 0.478 e. The maximum Gasteiger partial charge on any atom is 0.338 e. The topological polar surface area (TPSA) is 62.5 Å². The first-order valence-electron chi connectivity index (χ1n) is 10.2. The van der Waals surface area contributed by atoms with Crippen LogP contribution in [0.4, 0.5) is 0 Å². The fourth-order valence-electron chi connectivity index (χ4n) is 4.60. The van der Waals surface area contributed by atoms with Gasteiger partial charge in [-0.15, -0.1) is 0 Å². The lowest BCUT2D eigenvalue weighted by Crippen LogP contribution is -2.44. The van der Waals surface area contributed by atoms with Gasteiger partial charge in [-0.2, -0.15) is 0 Å². The van der Waals surface area contributed by atoms with E-state index < -0.39 is 5.97 Å². The van der Waals surface area contributed by atoms with Crippen molar-refractivity contribution in [1.29, 1.82) is 0 Å². The van der Waals surface area contributed by atoms with Gasteiger partial charge in [0, 0.05) is 35.1 Å². The van der Waals surface area contributed by atoms with Gasteiger partial charge in [0.1, 0.15) is 0 Å². The van der Waals surface area contributed by atoms with Crippen LogP contribution in [0.5, 0.6) is 0 Å². The number of carboxylic acid groups (broad SMARTS) is 1. The van der Waals surface area contributed by atoms with Crippen molar-refractivity contribution in [2.24, 2.45) is 0 Å². The highest BCUT2D eigenvalue weighted by Crippen LogP contribution is 2.29. The normalized spacial score (nSPS) is 20.1. The van der Waals surface area contributed by atoms with Gasteiger partial charge in [0.05, 0.1) is 11.3 Å². The number of rotatable bonds is 4. The van der Waals surface area contributed by atoms with Gasteiger partial charge >= 0.3 is 5.97 Å². The smallest absolute Gasteiger partial charge is 0.338 e. The average Bonchev–Trinajstić information content (AvgIpc) is 2.71. The van der Waals surface area contributed by atoms with Crippen LogP contribution >= 0.6 is 0 Å². The molecule has 1 N–H and O–H groups in total. The maximum absolute atomic E-state index is 13.5. The van der Waals surface area contributed by atoms with E-state index in [1.54, 1.807) is 28.8 Å². The Balaban J connectivity index is 2.03. The van der Waals surface area contributed by atoms with Crippen LogP contribution in [0.15, 0.2) is 59.4 Å². The molecule has 150 valence electrons. The summed E-state index contributed by atoms with van der Waals surface area (Å²) in [5, 5.41) is 11.1. The summed E-state index contributed by atoms with van der Waals surface area (Å²) < 4.78 is 1.60. The lowest BCUT2D eigenvalue weighted by molar-refractivity contribution is 0.0684. The van der Waals surface area contributed by atoms with Crippen LogP contribution in [0.1, 0.15) is 49.2 Å². The number of aromatic nitrogens is 1. The van der Waals surface area contributed by atoms with E-state index in [9.17, 15) is 14.7 Å². The molecule has 3 aromatic rings. The molecule has 2 unspecified atom stereocenters. The first-order chi connectivity index (χ1) is 14.0. The minimum Gasteiger partial charge on any atom is -0.478 e. The minimum absolute atomic E-state index is 0.177. The lowest BCUT2D eigenvalue weighted by Gasteiger charge is -2.39. The first-order valence-corrected chi connectivity index (χ1v) is 10.2. The number of carboxylic acids is 1. The van der Waals surface area contributed by atoms with E-state index in [1.807, 2.05) is 30.3 Å². The van der Waals surface area contributed by atoms with Gasteiger partial charge in [0.2, 0.25) is 0 Å². The molecule has 1 aliphatic heterocycles. The summed E-state index contributed by atoms with van der Waals surface area (Å²) in [5.41, 5.74) is 1.28. The molecule has 2 atom stereocenters. The predicted molar refractivity (Wildman–Crippen MR) is 115 cm³/mol. The second-order valence-electron chi connectivity index (χ2n) is 7.95. The number of piperidine rings is 1. The van der Waals surface area contributed by atoms with Crippen LogP contribution in [0, 0.1) is 0 Å². The number of carbonyl (C=O) groups is 1. The standard InChI is InChI=1S/C24H26N2O3/c1-16-9-8-10-17(2)25(16)15-21-22(24(28)29)19-13-6-7-14-20(19)23(27)26(21)18-11-4-3-5-12-18/h3-7,11-14,16-17H,8-10,15H2,1-2H3,(H,28,29). The fraction of sp³-hybridized carbons (Fsp3) is 0.333. The second kappa shape index (κ2) is 7.84. The van der Waals surface area contributed by atoms with E-state index >= 15 is 0 Å². The Morgan fingerprint density at radius 2 is 1.55 bits per heavy atom. The van der Waals surface area contributed by atoms with Crippen LogP contribution in [0.2, 0.25) is 0 Å². The number of likely N-dealkylation sites (tertiary alicyclic amines) is 1. The Labute approximate surface area is 170 Å². The van der Waals surface area contributed by atoms with Gasteiger partial charge < -0.3 is 5.11 Å². The van der Waals surface area contributed by atoms with Crippen LogP contribution in [-0.4, -0.2) is 32.6 Å². The van der Waals surface area contributed by atoms with Crippen molar-refractivity contribution in [3.05, 3.63) is 76.2 Å². The highest BCUT2D eigenvalue weighted by Gasteiger charge is 2.29. The van der Waals surface area contributed by atoms with Gasteiger partial charge in [0.25, 0.3) is 5.56 Å². The molecular weight excluding hydrogens is 364 g/mol. The van der Waals surface area contributed by atoms with Crippen LogP contribution in [-0.2, 0) is 6.54 Å². The monoisotopic (exact) mass is 390 g/mol. The summed E-state index contributed by atoms with van der Waals surface area (Å²) in [4.78, 5) is 28.2. The summed E-state index contributed by atoms with van der Waals surface area (Å²) in [6.07, 6.45) is 3.33. The Hall–Kier alpha value is -2.92. The van der Waals surface area contributed by atoms with Crippen molar-refractivity contribution in [2.45, 2.75) is 51.7 Å². The van der Waals surface area contributed by atoms with E-state index in [1.165, 1.54) is 6.42 Å². The molecule has 0 bridgehead atoms. The van der Waals surface area contributed by atoms with Crippen molar-refractivity contribution in [3.8, 4) is 5.69 Å². The summed E-state index contributed by atoms with van der Waals surface area (Å²) in [6, 6.07) is 17.0. The lowest BCUT2D eigenvalue weighted by atomic mass is 9.96. The first kappa shape index (κ1) is 19.4. The molecule has 0 spiro atoms. The molecule has 0 aliphatic carbocycles. The van der Waals surface area contributed by atoms with E-state index in [-0.39, 0.29) is 11.1 Å². The Kier molecular flexibility index (Phi) is 5.24. The van der Waals surface area contributed by atoms with E-state index in [0.717, 1.165) is 12.8 Å². The highest BCUT2D eigenvalue weighted by atomic mass is 16.4. The molecule has 4 rings (SSSR count). The van der Waals surface area contributed by atoms with Crippen molar-refractivity contribution >= 4 is 16.7 Å². The summed E-state index contributed by atoms with van der Waals surface area (Å²) in [7, 11) is 0. The Morgan fingerprint density at radius 3 is 2.17 bits per heavy atom. The van der Waals surface area contributed by atoms with E-state index in [4.69, 9.17) is 0 Å². The van der Waals surface area contributed by atoms with Crippen LogP contribution in [0.3, 0.4) is 0 Å². The minimum atomic E-state index is -1.00. The SMILES string of the molecule is CC1CCCC(C)N1Cc1c(C(=O)O)c2ccccc2c(=O)n1-c1ccccc1. The quantitative estimate of drug-likeness (QED) is 0.715. The second-order valence-corrected chi connectivity index (χ2v) is 7.95. The number of fused-ring (bicyclic) bond motifs is 1. The van der Waals surface area contributed by atoms with E-state index in [2.05, 4.69) is 18.7 Å². The molecule has 0 saturated carbocycles. The third-order valence-electron chi connectivity index (χ3n) is 6.13. The zero-order valence-corrected chi connectivity index (χ0v) is 16.8. The third-order valence-corrected chi connectivity index (χ3v) is 6.13. The molecule has 0 radical (unpaired) electrons. The Bertz CT molecular complexity index is 1090. The molecular formula is C24H26N2O3. The molecule has 5 heteroatoms. The summed E-state index contributed by atoms with van der Waals surface area (Å²) in [6.45, 7) is 4.79. The van der Waals surface area contributed by atoms with Gasteiger partial charge in [-0.3, -0.25) is 14.3 Å². The number of hydrogen-bond acceptors (Lipinski definition) is 3. The number of aromatic carboxylic acids is 1. The number of benzene rings is 2. The molecule has 1 aliphatic rings. The zero-order chi connectivity index (χ0) is 20.5. The van der Waals surface area contributed by atoms with Crippen molar-refractivity contribution in [3.63, 3.8) is 0 Å². The summed E-state index contributed by atoms with van der Waals surface area (Å²) >= 11 is 0. The third kappa shape index (κ3) is 3.47. The molecule has 2 aromatic carbocycles. The molecule has 5 nitrogen and oxygen atoms in total. The van der Waals surface area contributed by atoms with Crippen molar-refractivity contribution in [2.75, 3.05) is 0 Å². The van der Waals surface area contributed by atoms with Crippen molar-refractivity contribution in [1.82, 2.24) is 9.47 Å². The highest BCUT2D eigenvalue weighted by molar-refractivity contribution is 6.04. The molecule has 29 heavy (non-hydrogen) atoms. The van der Waals surface area contributed by atoms with E-state index in [0.29, 0.717) is 40.8 Å². The molecule has 1 aromatic heterocycles. The fourth-order valence-corrected chi connectivity index (χ4v) is 4.60. The van der Waals surface area contributed by atoms with Crippen LogP contribution < -0.4 is 5.56 Å². The molecule has 1 saturated heterocycles. The number of para-hydroxylation sites is 1. The number of pyridine rings is 1. The number of nitrogens with zero attached hydrogens (tertiary/aromatic N) is 2. The predicted octanol–water partition coefficient (Wildman–Crippen LogP) is 4.45. The van der Waals surface area contributed by atoms with Gasteiger partial charge in [-0.25, -0.2) is 4.79 Å². The Morgan fingerprint density at radius 1 is 0.966 bits per heavy atom. The molecule has 1 fully saturated rings. The maximum atomic E-state index is 13.5. The van der Waals surface area contributed by atoms with Gasteiger partial charge in [-0.05, 0) is 44.9 Å². The zero-order valence-electron chi connectivity index (χ0n) is 16.8. The molecule has 2 heterocycles. The van der Waals surface area contributed by atoms with Crippen molar-refractivity contribution < 1.29 is 9.90 Å². The average molecular weight is 390 g/mol. The van der Waals surface area contributed by atoms with Crippen LogP contribution in [0.25, 0.3) is 16.5 Å². The molecule has 0 amide bonds. The number of hydrogen-bond donors (Lipinski definition) is 1.